The molecule has 0 radical (unpaired) electrons. The van der Waals surface area contributed by atoms with Crippen LogP contribution in [-0.2, 0) is 6.54 Å². The Morgan fingerprint density at radius 1 is 1.33 bits per heavy atom. The zero-order valence-corrected chi connectivity index (χ0v) is 12.5. The molecule has 0 atom stereocenters. The number of ether oxygens (including phenoxy) is 1. The number of hydrogen-bond acceptors (Lipinski definition) is 5. The highest BCUT2D eigenvalue weighted by Crippen LogP contribution is 2.36. The fourth-order valence-corrected chi connectivity index (χ4v) is 2.42. The Bertz CT molecular complexity index is 628. The van der Waals surface area contributed by atoms with Crippen molar-refractivity contribution in [3.8, 4) is 6.01 Å². The minimum Gasteiger partial charge on any atom is -0.467 e. The van der Waals surface area contributed by atoms with Crippen LogP contribution in [0, 0.1) is 0 Å². The fourth-order valence-electron chi connectivity index (χ4n) is 2.23. The Labute approximate surface area is 128 Å². The predicted octanol–water partition coefficient (Wildman–Crippen LogP) is 2.89. The molecule has 1 aliphatic rings. The lowest BCUT2D eigenvalue weighted by Crippen LogP contribution is -2.26. The number of hydrogen-bond donors (Lipinski definition) is 1. The SMILES string of the molecule is COc1ncc(Cl)c(N(Cc2ccc(N)cc2)C2CC2)n1. The van der Waals surface area contributed by atoms with Crippen molar-refractivity contribution in [1.82, 2.24) is 9.97 Å². The summed E-state index contributed by atoms with van der Waals surface area (Å²) in [6, 6.07) is 8.66. The number of methoxy groups -OCH3 is 1. The highest BCUT2D eigenvalue weighted by molar-refractivity contribution is 6.32. The summed E-state index contributed by atoms with van der Waals surface area (Å²) in [7, 11) is 1.55. The van der Waals surface area contributed by atoms with E-state index in [1.54, 1.807) is 13.3 Å². The summed E-state index contributed by atoms with van der Waals surface area (Å²) in [6.07, 6.45) is 3.89. The maximum Gasteiger partial charge on any atom is 0.318 e. The van der Waals surface area contributed by atoms with Crippen molar-refractivity contribution >= 4 is 23.1 Å². The Morgan fingerprint density at radius 2 is 2.05 bits per heavy atom. The monoisotopic (exact) mass is 304 g/mol. The first-order valence-electron chi connectivity index (χ1n) is 6.85. The zero-order valence-electron chi connectivity index (χ0n) is 11.8. The van der Waals surface area contributed by atoms with Crippen molar-refractivity contribution < 1.29 is 4.74 Å². The van der Waals surface area contributed by atoms with Crippen LogP contribution < -0.4 is 15.4 Å². The number of nitrogens with zero attached hydrogens (tertiary/aromatic N) is 3. The smallest absolute Gasteiger partial charge is 0.318 e. The highest BCUT2D eigenvalue weighted by atomic mass is 35.5. The molecule has 0 aliphatic heterocycles. The van der Waals surface area contributed by atoms with Gasteiger partial charge in [0, 0.05) is 18.3 Å². The molecule has 5 nitrogen and oxygen atoms in total. The summed E-state index contributed by atoms with van der Waals surface area (Å²) in [6.45, 7) is 0.741. The van der Waals surface area contributed by atoms with Crippen LogP contribution in [0.5, 0.6) is 6.01 Å². The van der Waals surface area contributed by atoms with E-state index in [2.05, 4.69) is 14.9 Å². The Kier molecular flexibility index (Phi) is 3.84. The first kappa shape index (κ1) is 13.9. The van der Waals surface area contributed by atoms with Crippen molar-refractivity contribution in [3.05, 3.63) is 41.0 Å². The van der Waals surface area contributed by atoms with Crippen LogP contribution in [0.1, 0.15) is 18.4 Å². The van der Waals surface area contributed by atoms with E-state index in [1.165, 1.54) is 5.56 Å². The standard InChI is InChI=1S/C15H17ClN4O/c1-21-15-18-8-13(16)14(19-15)20(12-6-7-12)9-10-2-4-11(17)5-3-10/h2-5,8,12H,6-7,9,17H2,1H3. The molecule has 21 heavy (non-hydrogen) atoms. The average Bonchev–Trinajstić information content (AvgIpc) is 3.32. The van der Waals surface area contributed by atoms with Crippen molar-refractivity contribution in [1.29, 1.82) is 0 Å². The van der Waals surface area contributed by atoms with Crippen LogP contribution in [0.15, 0.2) is 30.5 Å². The van der Waals surface area contributed by atoms with Crippen LogP contribution in [0.4, 0.5) is 11.5 Å². The van der Waals surface area contributed by atoms with E-state index in [0.717, 1.165) is 30.9 Å². The van der Waals surface area contributed by atoms with E-state index in [4.69, 9.17) is 22.1 Å². The molecule has 0 amide bonds. The molecule has 0 saturated heterocycles. The van der Waals surface area contributed by atoms with Crippen LogP contribution >= 0.6 is 11.6 Å². The number of nitrogen functional groups attached to an aromatic ring is 1. The average molecular weight is 305 g/mol. The number of benzene rings is 1. The van der Waals surface area contributed by atoms with Gasteiger partial charge in [-0.05, 0) is 30.5 Å². The number of nitrogens with two attached hydrogens (primary N) is 1. The third-order valence-corrected chi connectivity index (χ3v) is 3.75. The largest absolute Gasteiger partial charge is 0.467 e. The summed E-state index contributed by atoms with van der Waals surface area (Å²) in [4.78, 5) is 10.6. The molecule has 1 aliphatic carbocycles. The van der Waals surface area contributed by atoms with Gasteiger partial charge in [0.05, 0.1) is 13.3 Å². The van der Waals surface area contributed by atoms with Gasteiger partial charge in [0.15, 0.2) is 5.82 Å². The Morgan fingerprint density at radius 3 is 2.67 bits per heavy atom. The van der Waals surface area contributed by atoms with E-state index in [0.29, 0.717) is 17.1 Å². The minimum absolute atomic E-state index is 0.331. The van der Waals surface area contributed by atoms with Gasteiger partial charge in [0.25, 0.3) is 0 Å². The van der Waals surface area contributed by atoms with Gasteiger partial charge >= 0.3 is 6.01 Å². The molecular formula is C15H17ClN4O. The van der Waals surface area contributed by atoms with Gasteiger partial charge < -0.3 is 15.4 Å². The Balaban J connectivity index is 1.89. The normalized spacial score (nSPS) is 14.0. The minimum atomic E-state index is 0.331. The summed E-state index contributed by atoms with van der Waals surface area (Å²) < 4.78 is 5.10. The molecule has 2 N–H and O–H groups in total. The quantitative estimate of drug-likeness (QED) is 0.861. The second kappa shape index (κ2) is 5.77. The van der Waals surface area contributed by atoms with Gasteiger partial charge in [-0.3, -0.25) is 0 Å². The molecular weight excluding hydrogens is 288 g/mol. The summed E-state index contributed by atoms with van der Waals surface area (Å²) in [5.41, 5.74) is 7.66. The molecule has 0 bridgehead atoms. The van der Waals surface area contributed by atoms with E-state index < -0.39 is 0 Å². The summed E-state index contributed by atoms with van der Waals surface area (Å²) in [5, 5.41) is 0.540. The zero-order chi connectivity index (χ0) is 14.8. The van der Waals surface area contributed by atoms with Crippen molar-refractivity contribution in [2.75, 3.05) is 17.7 Å². The Hall–Kier alpha value is -2.01. The second-order valence-corrected chi connectivity index (χ2v) is 5.54. The van der Waals surface area contributed by atoms with Crippen molar-refractivity contribution in [2.45, 2.75) is 25.4 Å². The molecule has 1 saturated carbocycles. The van der Waals surface area contributed by atoms with Crippen LogP contribution in [0.25, 0.3) is 0 Å². The van der Waals surface area contributed by atoms with Gasteiger partial charge in [-0.25, -0.2) is 4.98 Å². The molecule has 3 rings (SSSR count). The number of anilines is 2. The molecule has 6 heteroatoms. The van der Waals surface area contributed by atoms with Crippen molar-refractivity contribution in [2.24, 2.45) is 0 Å². The van der Waals surface area contributed by atoms with Gasteiger partial charge in [0.2, 0.25) is 0 Å². The molecule has 0 unspecified atom stereocenters. The highest BCUT2D eigenvalue weighted by Gasteiger charge is 2.31. The third kappa shape index (κ3) is 3.19. The molecule has 1 heterocycles. The number of halogens is 1. The molecule has 1 aromatic heterocycles. The molecule has 0 spiro atoms. The second-order valence-electron chi connectivity index (χ2n) is 5.13. The maximum atomic E-state index is 6.27. The predicted molar refractivity (Wildman–Crippen MR) is 83.7 cm³/mol. The van der Waals surface area contributed by atoms with Gasteiger partial charge in [0.1, 0.15) is 5.02 Å². The van der Waals surface area contributed by atoms with Gasteiger partial charge in [-0.15, -0.1) is 0 Å². The number of aromatic nitrogens is 2. The van der Waals surface area contributed by atoms with E-state index in [9.17, 15) is 0 Å². The first-order chi connectivity index (χ1) is 10.2. The van der Waals surface area contributed by atoms with Crippen LogP contribution in [0.2, 0.25) is 5.02 Å². The number of rotatable bonds is 5. The molecule has 1 aromatic carbocycles. The summed E-state index contributed by atoms with van der Waals surface area (Å²) >= 11 is 6.27. The van der Waals surface area contributed by atoms with Gasteiger partial charge in [-0.1, -0.05) is 23.7 Å². The molecule has 110 valence electrons. The maximum absolute atomic E-state index is 6.27. The lowest BCUT2D eigenvalue weighted by Gasteiger charge is -2.24. The van der Waals surface area contributed by atoms with Gasteiger partial charge in [-0.2, -0.15) is 4.98 Å². The van der Waals surface area contributed by atoms with E-state index >= 15 is 0 Å². The lowest BCUT2D eigenvalue weighted by atomic mass is 10.2. The topological polar surface area (TPSA) is 64.3 Å². The summed E-state index contributed by atoms with van der Waals surface area (Å²) in [5.74, 6) is 0.725. The van der Waals surface area contributed by atoms with Crippen LogP contribution in [-0.4, -0.2) is 23.1 Å². The van der Waals surface area contributed by atoms with Crippen molar-refractivity contribution in [3.63, 3.8) is 0 Å². The van der Waals surface area contributed by atoms with E-state index in [-0.39, 0.29) is 0 Å². The molecule has 1 fully saturated rings. The molecule has 2 aromatic rings. The van der Waals surface area contributed by atoms with E-state index in [1.807, 2.05) is 24.3 Å². The fraction of sp³-hybridized carbons (Fsp3) is 0.333. The third-order valence-electron chi connectivity index (χ3n) is 3.48. The first-order valence-corrected chi connectivity index (χ1v) is 7.23. The van der Waals surface area contributed by atoms with Crippen LogP contribution in [0.3, 0.4) is 0 Å². The lowest BCUT2D eigenvalue weighted by molar-refractivity contribution is 0.379.